The number of nitrogens with one attached hydrogen (secondary N) is 1. The highest BCUT2D eigenvalue weighted by Gasteiger charge is 2.34. The topological polar surface area (TPSA) is 80.9 Å². The van der Waals surface area contributed by atoms with E-state index in [0.29, 0.717) is 24.6 Å². The van der Waals surface area contributed by atoms with Crippen molar-refractivity contribution >= 4 is 5.91 Å². The zero-order valence-electron chi connectivity index (χ0n) is 19.4. The average molecular weight is 483 g/mol. The number of halogens is 3. The summed E-state index contributed by atoms with van der Waals surface area (Å²) in [6, 6.07) is 15.4. The van der Waals surface area contributed by atoms with Crippen LogP contribution in [-0.2, 0) is 36.7 Å². The number of primary amides is 1. The summed E-state index contributed by atoms with van der Waals surface area (Å²) in [4.78, 5) is 19.7. The maximum atomic E-state index is 13.7. The number of hydrogen-bond donors (Lipinski definition) is 2. The van der Waals surface area contributed by atoms with E-state index in [-0.39, 0.29) is 18.5 Å². The van der Waals surface area contributed by atoms with Crippen LogP contribution >= 0.6 is 0 Å². The van der Waals surface area contributed by atoms with Crippen LogP contribution in [0.3, 0.4) is 0 Å². The fourth-order valence-electron chi connectivity index (χ4n) is 4.63. The second-order valence-electron chi connectivity index (χ2n) is 9.00. The van der Waals surface area contributed by atoms with Crippen molar-refractivity contribution in [2.24, 2.45) is 5.73 Å². The molecule has 0 atom stereocenters. The Hall–Kier alpha value is -3.26. The molecule has 1 saturated heterocycles. The highest BCUT2D eigenvalue weighted by molar-refractivity contribution is 5.77. The van der Waals surface area contributed by atoms with E-state index in [1.54, 1.807) is 24.3 Å². The van der Waals surface area contributed by atoms with Crippen molar-refractivity contribution in [3.63, 3.8) is 0 Å². The summed E-state index contributed by atoms with van der Waals surface area (Å²) in [5, 5.41) is 3.36. The molecule has 35 heavy (non-hydrogen) atoms. The first kappa shape index (κ1) is 24.9. The van der Waals surface area contributed by atoms with Gasteiger partial charge in [-0.2, -0.15) is 13.2 Å². The van der Waals surface area contributed by atoms with E-state index in [2.05, 4.69) is 27.4 Å². The standard InChI is InChI=1S/C27H29F3N4O/c28-27(29,30)23-17-33-26(15-18-5-7-20(8-6-18)21-11-13-32-14-12-21)34-24(23)10-9-19-3-1-2-4-22(19)16-25(31)35/h1-8,17,21,32H,9-16H2,(H2,31,35). The molecule has 0 bridgehead atoms. The van der Waals surface area contributed by atoms with Gasteiger partial charge in [0.2, 0.25) is 5.91 Å². The van der Waals surface area contributed by atoms with Gasteiger partial charge in [0, 0.05) is 12.6 Å². The maximum absolute atomic E-state index is 13.7. The molecule has 1 aliphatic rings. The number of hydrogen-bond acceptors (Lipinski definition) is 4. The van der Waals surface area contributed by atoms with Gasteiger partial charge in [0.05, 0.1) is 17.7 Å². The number of carbonyl (C=O) groups is 1. The molecule has 5 nitrogen and oxygen atoms in total. The molecule has 0 aliphatic carbocycles. The smallest absolute Gasteiger partial charge is 0.369 e. The molecular weight excluding hydrogens is 453 g/mol. The van der Waals surface area contributed by atoms with Gasteiger partial charge in [-0.3, -0.25) is 4.79 Å². The van der Waals surface area contributed by atoms with Crippen LogP contribution in [0.2, 0.25) is 0 Å². The number of carbonyl (C=O) groups excluding carboxylic acids is 1. The van der Waals surface area contributed by atoms with E-state index in [4.69, 9.17) is 5.73 Å². The largest absolute Gasteiger partial charge is 0.419 e. The van der Waals surface area contributed by atoms with E-state index in [1.165, 1.54) is 5.56 Å². The molecule has 0 saturated carbocycles. The van der Waals surface area contributed by atoms with Gasteiger partial charge in [-0.05, 0) is 66.9 Å². The summed E-state index contributed by atoms with van der Waals surface area (Å²) in [5.74, 6) is 0.411. The zero-order chi connectivity index (χ0) is 24.8. The minimum atomic E-state index is -4.54. The first-order valence-electron chi connectivity index (χ1n) is 11.9. The zero-order valence-corrected chi connectivity index (χ0v) is 19.4. The van der Waals surface area contributed by atoms with Crippen LogP contribution in [0.5, 0.6) is 0 Å². The van der Waals surface area contributed by atoms with Crippen molar-refractivity contribution in [2.45, 2.75) is 50.6 Å². The Balaban J connectivity index is 1.52. The number of nitrogens with two attached hydrogens (primary N) is 1. The monoisotopic (exact) mass is 482 g/mol. The summed E-state index contributed by atoms with van der Waals surface area (Å²) in [7, 11) is 0. The number of rotatable bonds is 8. The van der Waals surface area contributed by atoms with E-state index >= 15 is 0 Å². The third-order valence-electron chi connectivity index (χ3n) is 6.49. The van der Waals surface area contributed by atoms with Gasteiger partial charge in [-0.15, -0.1) is 0 Å². The molecule has 1 amide bonds. The van der Waals surface area contributed by atoms with E-state index in [0.717, 1.165) is 48.8 Å². The van der Waals surface area contributed by atoms with Crippen LogP contribution in [0.25, 0.3) is 0 Å². The van der Waals surface area contributed by atoms with Crippen molar-refractivity contribution < 1.29 is 18.0 Å². The quantitative estimate of drug-likeness (QED) is 0.500. The normalized spacial score (nSPS) is 14.7. The van der Waals surface area contributed by atoms with Crippen molar-refractivity contribution in [1.82, 2.24) is 15.3 Å². The van der Waals surface area contributed by atoms with Crippen molar-refractivity contribution in [3.05, 3.63) is 94.1 Å². The second-order valence-corrected chi connectivity index (χ2v) is 9.00. The molecule has 1 aromatic heterocycles. The molecule has 0 radical (unpaired) electrons. The minimum absolute atomic E-state index is 0.0392. The van der Waals surface area contributed by atoms with E-state index in [9.17, 15) is 18.0 Å². The second kappa shape index (κ2) is 11.0. The molecule has 1 aliphatic heterocycles. The van der Waals surface area contributed by atoms with Crippen molar-refractivity contribution in [1.29, 1.82) is 0 Å². The number of aryl methyl sites for hydroxylation is 2. The fourth-order valence-corrected chi connectivity index (χ4v) is 4.63. The van der Waals surface area contributed by atoms with Gasteiger partial charge in [0.25, 0.3) is 0 Å². The summed E-state index contributed by atoms with van der Waals surface area (Å²) >= 11 is 0. The Labute approximate surface area is 203 Å². The number of nitrogens with zero attached hydrogens (tertiary/aromatic N) is 2. The Kier molecular flexibility index (Phi) is 7.80. The molecule has 1 fully saturated rings. The molecule has 8 heteroatoms. The molecular formula is C27H29F3N4O. The Bertz CT molecular complexity index is 1160. The predicted octanol–water partition coefficient (Wildman–Crippen LogP) is 4.37. The number of alkyl halides is 3. The van der Waals surface area contributed by atoms with Crippen LogP contribution < -0.4 is 11.1 Å². The predicted molar refractivity (Wildman–Crippen MR) is 128 cm³/mol. The molecule has 2 heterocycles. The Morgan fingerprint density at radius 2 is 1.69 bits per heavy atom. The van der Waals surface area contributed by atoms with Gasteiger partial charge in [0.15, 0.2) is 0 Å². The number of piperidine rings is 1. The lowest BCUT2D eigenvalue weighted by Gasteiger charge is -2.23. The number of benzene rings is 2. The van der Waals surface area contributed by atoms with Gasteiger partial charge in [-0.25, -0.2) is 9.97 Å². The summed E-state index contributed by atoms with van der Waals surface area (Å²) in [6.45, 7) is 2.03. The fraction of sp³-hybridized carbons (Fsp3) is 0.370. The minimum Gasteiger partial charge on any atom is -0.369 e. The van der Waals surface area contributed by atoms with Crippen LogP contribution in [0.15, 0.2) is 54.7 Å². The van der Waals surface area contributed by atoms with Gasteiger partial charge >= 0.3 is 6.18 Å². The first-order chi connectivity index (χ1) is 16.8. The highest BCUT2D eigenvalue weighted by Crippen LogP contribution is 2.32. The molecule has 3 aromatic rings. The third-order valence-corrected chi connectivity index (χ3v) is 6.49. The van der Waals surface area contributed by atoms with Gasteiger partial charge in [-0.1, -0.05) is 48.5 Å². The first-order valence-corrected chi connectivity index (χ1v) is 11.9. The van der Waals surface area contributed by atoms with Crippen LogP contribution in [0.1, 0.15) is 58.1 Å². The Morgan fingerprint density at radius 3 is 2.34 bits per heavy atom. The van der Waals surface area contributed by atoms with E-state index < -0.39 is 17.6 Å². The van der Waals surface area contributed by atoms with Gasteiger partial charge in [0.1, 0.15) is 5.82 Å². The lowest BCUT2D eigenvalue weighted by Crippen LogP contribution is -2.26. The Morgan fingerprint density at radius 1 is 1.00 bits per heavy atom. The lowest BCUT2D eigenvalue weighted by atomic mass is 9.89. The van der Waals surface area contributed by atoms with Crippen molar-refractivity contribution in [3.8, 4) is 0 Å². The van der Waals surface area contributed by atoms with Crippen LogP contribution in [0.4, 0.5) is 13.2 Å². The number of aromatic nitrogens is 2. The van der Waals surface area contributed by atoms with Gasteiger partial charge < -0.3 is 11.1 Å². The number of amides is 1. The lowest BCUT2D eigenvalue weighted by molar-refractivity contribution is -0.138. The summed E-state index contributed by atoms with van der Waals surface area (Å²) in [6.07, 6.45) is -0.655. The van der Waals surface area contributed by atoms with Crippen LogP contribution in [-0.4, -0.2) is 29.0 Å². The SMILES string of the molecule is NC(=O)Cc1ccccc1CCc1nc(Cc2ccc(C3CCNCC3)cc2)ncc1C(F)(F)F. The molecule has 184 valence electrons. The summed E-state index contributed by atoms with van der Waals surface area (Å²) < 4.78 is 41.0. The third kappa shape index (κ3) is 6.66. The molecule has 2 aromatic carbocycles. The molecule has 0 unspecified atom stereocenters. The maximum Gasteiger partial charge on any atom is 0.419 e. The summed E-state index contributed by atoms with van der Waals surface area (Å²) in [5.41, 5.74) is 8.21. The molecule has 3 N–H and O–H groups in total. The highest BCUT2D eigenvalue weighted by atomic mass is 19.4. The van der Waals surface area contributed by atoms with Crippen LogP contribution in [0, 0.1) is 0 Å². The molecule has 0 spiro atoms. The van der Waals surface area contributed by atoms with E-state index in [1.807, 2.05) is 12.1 Å². The molecule has 4 rings (SSSR count). The van der Waals surface area contributed by atoms with Crippen molar-refractivity contribution in [2.75, 3.05) is 13.1 Å². The average Bonchev–Trinajstić information content (AvgIpc) is 2.83.